The van der Waals surface area contributed by atoms with E-state index in [1.165, 1.54) is 12.1 Å². The average molecular weight is 437 g/mol. The van der Waals surface area contributed by atoms with Crippen molar-refractivity contribution in [2.24, 2.45) is 0 Å². The Bertz CT molecular complexity index is 1210. The smallest absolute Gasteiger partial charge is 0.361 e. The molecular formula is C20H18F3N3O3S. The third-order valence-electron chi connectivity index (χ3n) is 4.89. The van der Waals surface area contributed by atoms with E-state index in [4.69, 9.17) is 0 Å². The van der Waals surface area contributed by atoms with Crippen molar-refractivity contribution in [3.05, 3.63) is 65.4 Å². The van der Waals surface area contributed by atoms with Crippen LogP contribution in [0, 0.1) is 0 Å². The number of aromatic amines is 1. The Morgan fingerprint density at radius 2 is 1.87 bits per heavy atom. The average Bonchev–Trinajstić information content (AvgIpc) is 3.44. The molecule has 158 valence electrons. The molecule has 6 nitrogen and oxygen atoms in total. The predicted octanol–water partition coefficient (Wildman–Crippen LogP) is 4.02. The van der Waals surface area contributed by atoms with Crippen molar-refractivity contribution in [3.8, 4) is 0 Å². The zero-order valence-corrected chi connectivity index (χ0v) is 16.4. The molecule has 4 rings (SSSR count). The van der Waals surface area contributed by atoms with Gasteiger partial charge in [-0.1, -0.05) is 6.07 Å². The van der Waals surface area contributed by atoms with Gasteiger partial charge >= 0.3 is 6.18 Å². The van der Waals surface area contributed by atoms with Crippen molar-refractivity contribution in [2.75, 3.05) is 4.72 Å². The van der Waals surface area contributed by atoms with Gasteiger partial charge in [0.25, 0.3) is 5.91 Å². The first kappa shape index (κ1) is 20.3. The van der Waals surface area contributed by atoms with E-state index < -0.39 is 32.9 Å². The molecule has 0 aliphatic heterocycles. The SMILES string of the molecule is O=C(NCc1ccc(NS(=O)(=O)C2CC2)cc1C(F)(F)F)c1ccc2[nH]ccc2c1. The van der Waals surface area contributed by atoms with E-state index in [0.717, 1.165) is 17.0 Å². The van der Waals surface area contributed by atoms with Crippen LogP contribution in [0.1, 0.15) is 34.3 Å². The molecule has 0 spiro atoms. The maximum Gasteiger partial charge on any atom is 0.416 e. The number of anilines is 1. The lowest BCUT2D eigenvalue weighted by molar-refractivity contribution is -0.138. The van der Waals surface area contributed by atoms with E-state index >= 15 is 0 Å². The fourth-order valence-electron chi connectivity index (χ4n) is 3.16. The molecule has 1 heterocycles. The summed E-state index contributed by atoms with van der Waals surface area (Å²) in [4.78, 5) is 15.4. The van der Waals surface area contributed by atoms with Crippen LogP contribution < -0.4 is 10.0 Å². The number of carbonyl (C=O) groups excluding carboxylic acids is 1. The van der Waals surface area contributed by atoms with Crippen molar-refractivity contribution in [3.63, 3.8) is 0 Å². The molecule has 0 saturated heterocycles. The number of halogens is 3. The lowest BCUT2D eigenvalue weighted by Gasteiger charge is -2.16. The second-order valence-corrected chi connectivity index (χ2v) is 9.14. The second-order valence-electron chi connectivity index (χ2n) is 7.18. The van der Waals surface area contributed by atoms with Crippen LogP contribution in [-0.2, 0) is 22.7 Å². The Morgan fingerprint density at radius 3 is 2.57 bits per heavy atom. The number of fused-ring (bicyclic) bond motifs is 1. The summed E-state index contributed by atoms with van der Waals surface area (Å²) in [6.45, 7) is -0.353. The quantitative estimate of drug-likeness (QED) is 0.544. The normalized spacial score (nSPS) is 14.6. The van der Waals surface area contributed by atoms with Crippen molar-refractivity contribution < 1.29 is 26.4 Å². The van der Waals surface area contributed by atoms with E-state index in [9.17, 15) is 26.4 Å². The Morgan fingerprint density at radius 1 is 1.10 bits per heavy atom. The number of rotatable bonds is 6. The summed E-state index contributed by atoms with van der Waals surface area (Å²) in [5.74, 6) is -0.510. The first-order chi connectivity index (χ1) is 14.1. The Balaban J connectivity index is 1.53. The highest BCUT2D eigenvalue weighted by Crippen LogP contribution is 2.35. The van der Waals surface area contributed by atoms with Crippen molar-refractivity contribution in [1.82, 2.24) is 10.3 Å². The van der Waals surface area contributed by atoms with Crippen molar-refractivity contribution in [1.29, 1.82) is 0 Å². The second kappa shape index (κ2) is 7.35. The van der Waals surface area contributed by atoms with Crippen molar-refractivity contribution in [2.45, 2.75) is 30.8 Å². The number of nitrogens with one attached hydrogen (secondary N) is 3. The summed E-state index contributed by atoms with van der Waals surface area (Å²) in [6.07, 6.45) is -1.98. The molecule has 3 aromatic rings. The Hall–Kier alpha value is -3.01. The van der Waals surface area contributed by atoms with E-state index in [2.05, 4.69) is 15.0 Å². The highest BCUT2D eigenvalue weighted by Gasteiger charge is 2.37. The molecular weight excluding hydrogens is 419 g/mol. The molecule has 10 heteroatoms. The van der Waals surface area contributed by atoms with Crippen LogP contribution in [0.15, 0.2) is 48.7 Å². The molecule has 0 radical (unpaired) electrons. The summed E-state index contributed by atoms with van der Waals surface area (Å²) in [5.41, 5.74) is -0.144. The van der Waals surface area contributed by atoms with Crippen LogP contribution >= 0.6 is 0 Å². The highest BCUT2D eigenvalue weighted by atomic mass is 32.2. The molecule has 1 fully saturated rings. The minimum absolute atomic E-state index is 0.151. The lowest BCUT2D eigenvalue weighted by atomic mass is 10.1. The molecule has 1 amide bonds. The summed E-state index contributed by atoms with van der Waals surface area (Å²) in [6, 6.07) is 9.91. The third kappa shape index (κ3) is 4.28. The number of alkyl halides is 3. The number of H-pyrrole nitrogens is 1. The van der Waals surface area contributed by atoms with Gasteiger partial charge in [-0.15, -0.1) is 0 Å². The molecule has 30 heavy (non-hydrogen) atoms. The van der Waals surface area contributed by atoms with Gasteiger partial charge in [0, 0.05) is 34.9 Å². The van der Waals surface area contributed by atoms with E-state index in [1.54, 1.807) is 30.5 Å². The van der Waals surface area contributed by atoms with Gasteiger partial charge in [-0.3, -0.25) is 9.52 Å². The van der Waals surface area contributed by atoms with Crippen LogP contribution in [0.25, 0.3) is 10.9 Å². The summed E-state index contributed by atoms with van der Waals surface area (Å²) >= 11 is 0. The fourth-order valence-corrected chi connectivity index (χ4v) is 4.53. The fraction of sp³-hybridized carbons (Fsp3) is 0.250. The van der Waals surface area contributed by atoms with Gasteiger partial charge in [0.2, 0.25) is 10.0 Å². The first-order valence-corrected chi connectivity index (χ1v) is 10.8. The summed E-state index contributed by atoms with van der Waals surface area (Å²) < 4.78 is 66.8. The molecule has 0 atom stereocenters. The Labute approximate surface area is 170 Å². The minimum Gasteiger partial charge on any atom is -0.361 e. The molecule has 0 unspecified atom stereocenters. The van der Waals surface area contributed by atoms with Crippen LogP contribution in [0.3, 0.4) is 0 Å². The predicted molar refractivity (Wildman–Crippen MR) is 106 cm³/mol. The Kier molecular flexibility index (Phi) is 4.97. The minimum atomic E-state index is -4.70. The molecule has 2 aromatic carbocycles. The molecule has 1 aliphatic rings. The number of sulfonamides is 1. The number of carbonyl (C=O) groups is 1. The number of hydrogen-bond donors (Lipinski definition) is 3. The summed E-state index contributed by atoms with van der Waals surface area (Å²) in [7, 11) is -3.68. The van der Waals surface area contributed by atoms with E-state index in [0.29, 0.717) is 18.4 Å². The van der Waals surface area contributed by atoms with Gasteiger partial charge in [-0.25, -0.2) is 8.42 Å². The third-order valence-corrected chi connectivity index (χ3v) is 6.76. The number of benzene rings is 2. The molecule has 3 N–H and O–H groups in total. The van der Waals surface area contributed by atoms with Crippen LogP contribution in [0.2, 0.25) is 0 Å². The van der Waals surface area contributed by atoms with Gasteiger partial charge < -0.3 is 10.3 Å². The van der Waals surface area contributed by atoms with Gasteiger partial charge in [-0.05, 0) is 54.8 Å². The molecule has 1 saturated carbocycles. The monoisotopic (exact) mass is 437 g/mol. The molecule has 0 bridgehead atoms. The van der Waals surface area contributed by atoms with Gasteiger partial charge in [0.05, 0.1) is 10.8 Å². The summed E-state index contributed by atoms with van der Waals surface area (Å²) in [5, 5.41) is 2.75. The van der Waals surface area contributed by atoms with Crippen LogP contribution in [0.5, 0.6) is 0 Å². The van der Waals surface area contributed by atoms with E-state index in [-0.39, 0.29) is 17.8 Å². The number of amides is 1. The largest absolute Gasteiger partial charge is 0.416 e. The van der Waals surface area contributed by atoms with Gasteiger partial charge in [0.15, 0.2) is 0 Å². The first-order valence-electron chi connectivity index (χ1n) is 9.20. The molecule has 1 aliphatic carbocycles. The maximum absolute atomic E-state index is 13.5. The molecule has 1 aromatic heterocycles. The lowest BCUT2D eigenvalue weighted by Crippen LogP contribution is -2.25. The van der Waals surface area contributed by atoms with Crippen LogP contribution in [0.4, 0.5) is 18.9 Å². The van der Waals surface area contributed by atoms with Crippen molar-refractivity contribution >= 4 is 32.5 Å². The van der Waals surface area contributed by atoms with Crippen LogP contribution in [-0.4, -0.2) is 24.6 Å². The zero-order chi connectivity index (χ0) is 21.5. The highest BCUT2D eigenvalue weighted by molar-refractivity contribution is 7.93. The van der Waals surface area contributed by atoms with E-state index in [1.807, 2.05) is 0 Å². The standard InChI is InChI=1S/C20H18F3N3O3S/c21-20(22,23)17-10-15(26-30(28,29)16-4-5-16)3-1-14(17)11-25-19(27)13-2-6-18-12(9-13)7-8-24-18/h1-3,6-10,16,24,26H,4-5,11H2,(H,25,27). The number of aromatic nitrogens is 1. The topological polar surface area (TPSA) is 91.1 Å². The number of hydrogen-bond acceptors (Lipinski definition) is 3. The maximum atomic E-state index is 13.5. The zero-order valence-electron chi connectivity index (χ0n) is 15.6. The van der Waals surface area contributed by atoms with Gasteiger partial charge in [-0.2, -0.15) is 13.2 Å². The van der Waals surface area contributed by atoms with Gasteiger partial charge in [0.1, 0.15) is 0 Å².